The monoisotopic (exact) mass is 348 g/mol. The van der Waals surface area contributed by atoms with Gasteiger partial charge in [0.1, 0.15) is 0 Å². The van der Waals surface area contributed by atoms with Crippen molar-refractivity contribution in [3.05, 3.63) is 22.7 Å². The van der Waals surface area contributed by atoms with Gasteiger partial charge in [0.25, 0.3) is 0 Å². The van der Waals surface area contributed by atoms with Crippen molar-refractivity contribution >= 4 is 24.0 Å². The normalized spacial score (nSPS) is 21.1. The molecule has 1 aliphatic rings. The number of piperidine rings is 1. The highest BCUT2D eigenvalue weighted by atomic mass is 35.5. The molecular weight excluding hydrogens is 323 g/mol. The lowest BCUT2D eigenvalue weighted by Gasteiger charge is -2.42. The van der Waals surface area contributed by atoms with Crippen LogP contribution < -0.4 is 15.2 Å². The first-order chi connectivity index (χ1) is 9.87. The number of hydrogen-bond acceptors (Lipinski definition) is 4. The molecule has 0 aromatic heterocycles. The first-order valence-electron chi connectivity index (χ1n) is 7.25. The molecule has 0 aliphatic carbocycles. The Kier molecular flexibility index (Phi) is 6.81. The summed E-state index contributed by atoms with van der Waals surface area (Å²) in [6, 6.07) is 4.21. The van der Waals surface area contributed by atoms with Gasteiger partial charge in [-0.05, 0) is 29.5 Å². The lowest BCUT2D eigenvalue weighted by Crippen LogP contribution is -2.52. The summed E-state index contributed by atoms with van der Waals surface area (Å²) in [6.45, 7) is 7.30. The molecule has 0 saturated carbocycles. The molecule has 0 amide bonds. The summed E-state index contributed by atoms with van der Waals surface area (Å²) in [5.41, 5.74) is 7.46. The van der Waals surface area contributed by atoms with E-state index < -0.39 is 0 Å². The highest BCUT2D eigenvalue weighted by Crippen LogP contribution is 2.37. The van der Waals surface area contributed by atoms with Crippen LogP contribution in [-0.4, -0.2) is 38.3 Å². The van der Waals surface area contributed by atoms with Crippen LogP contribution in [0.1, 0.15) is 25.8 Å². The van der Waals surface area contributed by atoms with Crippen LogP contribution in [0.15, 0.2) is 12.1 Å². The number of ether oxygens (including phenoxy) is 2. The van der Waals surface area contributed by atoms with E-state index in [1.165, 1.54) is 0 Å². The lowest BCUT2D eigenvalue weighted by atomic mass is 9.79. The van der Waals surface area contributed by atoms with Gasteiger partial charge in [0.15, 0.2) is 11.5 Å². The third-order valence-corrected chi connectivity index (χ3v) is 4.57. The van der Waals surface area contributed by atoms with E-state index >= 15 is 0 Å². The molecule has 1 atom stereocenters. The summed E-state index contributed by atoms with van der Waals surface area (Å²) in [7, 11) is 3.22. The van der Waals surface area contributed by atoms with Crippen LogP contribution in [-0.2, 0) is 6.54 Å². The standard InChI is InChI=1S/C16H25ClN2O2.ClH/c1-16(2)10-19(6-5-14(16)18)9-11-7-12(17)15(21-4)13(8-11)20-3;/h7-8,14H,5-6,9-10,18H2,1-4H3;1H. The second kappa shape index (κ2) is 7.73. The number of hydrogen-bond donors (Lipinski definition) is 1. The number of rotatable bonds is 4. The summed E-state index contributed by atoms with van der Waals surface area (Å²) in [5, 5.41) is 0.583. The van der Waals surface area contributed by atoms with Crippen molar-refractivity contribution in [2.45, 2.75) is 32.9 Å². The van der Waals surface area contributed by atoms with Crippen molar-refractivity contribution in [2.75, 3.05) is 27.3 Å². The second-order valence-electron chi connectivity index (χ2n) is 6.41. The Balaban J connectivity index is 0.00000242. The van der Waals surface area contributed by atoms with E-state index in [0.29, 0.717) is 16.5 Å². The van der Waals surface area contributed by atoms with Gasteiger partial charge in [0.05, 0.1) is 19.2 Å². The molecule has 2 rings (SSSR count). The number of halogens is 2. The van der Waals surface area contributed by atoms with Gasteiger partial charge in [-0.1, -0.05) is 25.4 Å². The van der Waals surface area contributed by atoms with Crippen molar-refractivity contribution in [2.24, 2.45) is 11.1 Å². The van der Waals surface area contributed by atoms with Crippen LogP contribution in [0.3, 0.4) is 0 Å². The second-order valence-corrected chi connectivity index (χ2v) is 6.81. The van der Waals surface area contributed by atoms with Crippen molar-refractivity contribution in [3.8, 4) is 11.5 Å². The third kappa shape index (κ3) is 4.19. The lowest BCUT2D eigenvalue weighted by molar-refractivity contribution is 0.0898. The quantitative estimate of drug-likeness (QED) is 0.906. The van der Waals surface area contributed by atoms with Gasteiger partial charge in [0, 0.05) is 25.7 Å². The minimum absolute atomic E-state index is 0. The van der Waals surface area contributed by atoms with E-state index in [2.05, 4.69) is 18.7 Å². The Hall–Kier alpha value is -0.680. The van der Waals surface area contributed by atoms with E-state index in [4.69, 9.17) is 26.8 Å². The van der Waals surface area contributed by atoms with Crippen LogP contribution >= 0.6 is 24.0 Å². The maximum absolute atomic E-state index is 6.27. The van der Waals surface area contributed by atoms with E-state index in [-0.39, 0.29) is 23.9 Å². The highest BCUT2D eigenvalue weighted by molar-refractivity contribution is 6.32. The molecule has 1 aliphatic heterocycles. The van der Waals surface area contributed by atoms with Crippen LogP contribution in [0, 0.1) is 5.41 Å². The molecule has 0 bridgehead atoms. The Bertz CT molecular complexity index is 509. The summed E-state index contributed by atoms with van der Waals surface area (Å²) < 4.78 is 10.6. The number of likely N-dealkylation sites (tertiary alicyclic amines) is 1. The molecule has 6 heteroatoms. The Morgan fingerprint density at radius 3 is 2.55 bits per heavy atom. The predicted octanol–water partition coefficient (Wildman–Crippen LogP) is 3.34. The molecule has 0 radical (unpaired) electrons. The van der Waals surface area contributed by atoms with Gasteiger partial charge in [-0.3, -0.25) is 4.90 Å². The molecule has 1 fully saturated rings. The average molecular weight is 349 g/mol. The van der Waals surface area contributed by atoms with Crippen LogP contribution in [0.25, 0.3) is 0 Å². The van der Waals surface area contributed by atoms with Crippen molar-refractivity contribution < 1.29 is 9.47 Å². The van der Waals surface area contributed by atoms with Crippen molar-refractivity contribution in [3.63, 3.8) is 0 Å². The molecule has 1 aromatic carbocycles. The van der Waals surface area contributed by atoms with Gasteiger partial charge in [-0.2, -0.15) is 0 Å². The van der Waals surface area contributed by atoms with Gasteiger partial charge < -0.3 is 15.2 Å². The molecule has 4 nitrogen and oxygen atoms in total. The number of nitrogens with zero attached hydrogens (tertiary/aromatic N) is 1. The Labute approximate surface area is 144 Å². The fourth-order valence-corrected chi connectivity index (χ4v) is 3.25. The van der Waals surface area contributed by atoms with Crippen molar-refractivity contribution in [1.29, 1.82) is 0 Å². The predicted molar refractivity (Wildman–Crippen MR) is 93.5 cm³/mol. The fourth-order valence-electron chi connectivity index (χ4n) is 2.94. The van der Waals surface area contributed by atoms with E-state index in [0.717, 1.165) is 31.6 Å². The molecule has 1 aromatic rings. The van der Waals surface area contributed by atoms with Crippen LogP contribution in [0.4, 0.5) is 0 Å². The highest BCUT2D eigenvalue weighted by Gasteiger charge is 2.33. The first-order valence-corrected chi connectivity index (χ1v) is 7.63. The Morgan fingerprint density at radius 1 is 1.32 bits per heavy atom. The average Bonchev–Trinajstić information content (AvgIpc) is 2.42. The van der Waals surface area contributed by atoms with Gasteiger partial charge in [-0.15, -0.1) is 12.4 Å². The summed E-state index contributed by atoms with van der Waals surface area (Å²) >= 11 is 6.27. The molecule has 126 valence electrons. The van der Waals surface area contributed by atoms with Gasteiger partial charge in [-0.25, -0.2) is 0 Å². The summed E-state index contributed by atoms with van der Waals surface area (Å²) in [4.78, 5) is 2.42. The zero-order valence-electron chi connectivity index (χ0n) is 13.7. The van der Waals surface area contributed by atoms with Gasteiger partial charge >= 0.3 is 0 Å². The topological polar surface area (TPSA) is 47.7 Å². The van der Waals surface area contributed by atoms with E-state index in [1.54, 1.807) is 14.2 Å². The van der Waals surface area contributed by atoms with Crippen LogP contribution in [0.5, 0.6) is 11.5 Å². The number of methoxy groups -OCH3 is 2. The summed E-state index contributed by atoms with van der Waals surface area (Å²) in [6.07, 6.45) is 1.02. The zero-order chi connectivity index (χ0) is 15.6. The maximum Gasteiger partial charge on any atom is 0.179 e. The summed E-state index contributed by atoms with van der Waals surface area (Å²) in [5.74, 6) is 1.26. The molecule has 1 unspecified atom stereocenters. The molecule has 0 spiro atoms. The zero-order valence-corrected chi connectivity index (χ0v) is 15.3. The Morgan fingerprint density at radius 2 is 2.00 bits per heavy atom. The molecule has 22 heavy (non-hydrogen) atoms. The van der Waals surface area contributed by atoms with E-state index in [1.807, 2.05) is 12.1 Å². The largest absolute Gasteiger partial charge is 0.493 e. The smallest absolute Gasteiger partial charge is 0.179 e. The SMILES string of the molecule is COc1cc(CN2CCC(N)C(C)(C)C2)cc(Cl)c1OC.Cl. The van der Waals surface area contributed by atoms with Gasteiger partial charge in [0.2, 0.25) is 0 Å². The third-order valence-electron chi connectivity index (χ3n) is 4.29. The van der Waals surface area contributed by atoms with Crippen molar-refractivity contribution in [1.82, 2.24) is 4.90 Å². The minimum Gasteiger partial charge on any atom is -0.493 e. The first kappa shape index (κ1) is 19.4. The minimum atomic E-state index is 0. The molecule has 1 heterocycles. The molecule has 2 N–H and O–H groups in total. The molecule has 1 saturated heterocycles. The van der Waals surface area contributed by atoms with E-state index in [9.17, 15) is 0 Å². The fraction of sp³-hybridized carbons (Fsp3) is 0.625. The molecular formula is C16H26Cl2N2O2. The number of nitrogens with two attached hydrogens (primary N) is 1. The van der Waals surface area contributed by atoms with Crippen LogP contribution in [0.2, 0.25) is 5.02 Å². The number of benzene rings is 1. The maximum atomic E-state index is 6.27.